The first kappa shape index (κ1) is 11.4. The summed E-state index contributed by atoms with van der Waals surface area (Å²) in [5.41, 5.74) is 5.91. The Kier molecular flexibility index (Phi) is 3.99. The van der Waals surface area contributed by atoms with E-state index in [4.69, 9.17) is 10.5 Å². The quantitative estimate of drug-likeness (QED) is 0.446. The van der Waals surface area contributed by atoms with E-state index in [0.717, 1.165) is 5.56 Å². The molecular formula is C9H13N3O3. The third-order valence-corrected chi connectivity index (χ3v) is 1.75. The second-order valence-electron chi connectivity index (χ2n) is 3.08. The molecule has 15 heavy (non-hydrogen) atoms. The van der Waals surface area contributed by atoms with Crippen molar-refractivity contribution in [1.29, 1.82) is 0 Å². The number of ether oxygens (including phenoxy) is 1. The fourth-order valence-corrected chi connectivity index (χ4v) is 1.04. The first-order valence-electron chi connectivity index (χ1n) is 4.59. The molecular weight excluding hydrogens is 198 g/mol. The number of pyridine rings is 1. The minimum absolute atomic E-state index is 0.0547. The fraction of sp³-hybridized carbons (Fsp3) is 0.444. The highest BCUT2D eigenvalue weighted by atomic mass is 16.6. The molecule has 0 aliphatic heterocycles. The van der Waals surface area contributed by atoms with Crippen LogP contribution in [-0.2, 0) is 0 Å². The van der Waals surface area contributed by atoms with E-state index in [1.807, 2.05) is 0 Å². The highest BCUT2D eigenvalue weighted by molar-refractivity contribution is 5.42. The molecule has 0 atom stereocenters. The van der Waals surface area contributed by atoms with Gasteiger partial charge in [0.15, 0.2) is 0 Å². The van der Waals surface area contributed by atoms with Gasteiger partial charge < -0.3 is 10.5 Å². The van der Waals surface area contributed by atoms with Crippen molar-refractivity contribution in [3.05, 3.63) is 27.9 Å². The predicted octanol–water partition coefficient (Wildman–Crippen LogP) is 1.03. The Morgan fingerprint density at radius 3 is 3.00 bits per heavy atom. The molecule has 6 heteroatoms. The predicted molar refractivity (Wildman–Crippen MR) is 54.8 cm³/mol. The molecule has 82 valence electrons. The summed E-state index contributed by atoms with van der Waals surface area (Å²) in [5, 5.41) is 10.7. The van der Waals surface area contributed by atoms with Crippen molar-refractivity contribution in [2.24, 2.45) is 5.73 Å². The van der Waals surface area contributed by atoms with E-state index < -0.39 is 4.92 Å². The lowest BCUT2D eigenvalue weighted by atomic mass is 10.3. The molecule has 1 heterocycles. The molecule has 0 saturated carbocycles. The number of hydrogen-bond acceptors (Lipinski definition) is 5. The van der Waals surface area contributed by atoms with Crippen molar-refractivity contribution in [2.45, 2.75) is 13.3 Å². The lowest BCUT2D eigenvalue weighted by molar-refractivity contribution is -0.386. The Balaban J connectivity index is 2.81. The summed E-state index contributed by atoms with van der Waals surface area (Å²) in [7, 11) is 0. The van der Waals surface area contributed by atoms with Crippen LogP contribution >= 0.6 is 0 Å². The van der Waals surface area contributed by atoms with Crippen LogP contribution in [-0.4, -0.2) is 23.1 Å². The molecule has 0 unspecified atom stereocenters. The molecule has 1 aromatic heterocycles. The average Bonchev–Trinajstić information content (AvgIpc) is 2.20. The zero-order valence-corrected chi connectivity index (χ0v) is 8.47. The van der Waals surface area contributed by atoms with E-state index in [1.165, 1.54) is 12.3 Å². The zero-order valence-electron chi connectivity index (χ0n) is 8.47. The van der Waals surface area contributed by atoms with Gasteiger partial charge in [-0.15, -0.1) is 0 Å². The van der Waals surface area contributed by atoms with E-state index in [9.17, 15) is 10.1 Å². The number of aryl methyl sites for hydroxylation is 1. The smallest absolute Gasteiger partial charge is 0.331 e. The van der Waals surface area contributed by atoms with Gasteiger partial charge in [0.25, 0.3) is 5.88 Å². The molecule has 0 radical (unpaired) electrons. The normalized spacial score (nSPS) is 10.0. The highest BCUT2D eigenvalue weighted by Crippen LogP contribution is 2.24. The van der Waals surface area contributed by atoms with Gasteiger partial charge in [-0.05, 0) is 25.5 Å². The van der Waals surface area contributed by atoms with Gasteiger partial charge in [0, 0.05) is 12.3 Å². The van der Waals surface area contributed by atoms with Gasteiger partial charge in [-0.3, -0.25) is 10.1 Å². The van der Waals surface area contributed by atoms with Crippen LogP contribution in [0.1, 0.15) is 12.0 Å². The molecule has 0 saturated heterocycles. The van der Waals surface area contributed by atoms with E-state index in [0.29, 0.717) is 19.6 Å². The summed E-state index contributed by atoms with van der Waals surface area (Å²) in [6, 6.07) is 1.44. The molecule has 0 bridgehead atoms. The van der Waals surface area contributed by atoms with Crippen molar-refractivity contribution in [3.8, 4) is 5.88 Å². The van der Waals surface area contributed by atoms with Gasteiger partial charge >= 0.3 is 5.69 Å². The Hall–Kier alpha value is -1.69. The Bertz CT molecular complexity index is 354. The molecule has 0 amide bonds. The maximum Gasteiger partial charge on any atom is 0.331 e. The number of nitrogens with zero attached hydrogens (tertiary/aromatic N) is 2. The van der Waals surface area contributed by atoms with Crippen molar-refractivity contribution < 1.29 is 9.66 Å². The van der Waals surface area contributed by atoms with E-state index in [2.05, 4.69) is 4.98 Å². The van der Waals surface area contributed by atoms with Crippen molar-refractivity contribution >= 4 is 5.69 Å². The fourth-order valence-electron chi connectivity index (χ4n) is 1.04. The van der Waals surface area contributed by atoms with E-state index in [1.54, 1.807) is 6.92 Å². The number of nitrogens with two attached hydrogens (primary N) is 1. The van der Waals surface area contributed by atoms with Crippen LogP contribution in [0.4, 0.5) is 5.69 Å². The summed E-state index contributed by atoms with van der Waals surface area (Å²) >= 11 is 0. The van der Waals surface area contributed by atoms with Crippen LogP contribution in [0, 0.1) is 17.0 Å². The van der Waals surface area contributed by atoms with Gasteiger partial charge in [-0.25, -0.2) is 4.98 Å². The number of hydrogen-bond donors (Lipinski definition) is 1. The third-order valence-electron chi connectivity index (χ3n) is 1.75. The average molecular weight is 211 g/mol. The molecule has 2 N–H and O–H groups in total. The first-order valence-corrected chi connectivity index (χ1v) is 4.59. The monoisotopic (exact) mass is 211 g/mol. The van der Waals surface area contributed by atoms with Gasteiger partial charge in [-0.1, -0.05) is 0 Å². The minimum Gasteiger partial charge on any atom is -0.473 e. The Labute approximate surface area is 87.2 Å². The van der Waals surface area contributed by atoms with Crippen molar-refractivity contribution in [2.75, 3.05) is 13.2 Å². The highest BCUT2D eigenvalue weighted by Gasteiger charge is 2.16. The summed E-state index contributed by atoms with van der Waals surface area (Å²) < 4.78 is 5.16. The van der Waals surface area contributed by atoms with Crippen LogP contribution in [0.15, 0.2) is 12.3 Å². The van der Waals surface area contributed by atoms with E-state index >= 15 is 0 Å². The van der Waals surface area contributed by atoms with Gasteiger partial charge in [0.2, 0.25) is 0 Å². The Morgan fingerprint density at radius 1 is 1.67 bits per heavy atom. The maximum absolute atomic E-state index is 10.7. The third kappa shape index (κ3) is 3.17. The SMILES string of the molecule is Cc1cnc(OCCCN)c([N+](=O)[O-])c1. The number of nitro groups is 1. The summed E-state index contributed by atoms with van der Waals surface area (Å²) in [4.78, 5) is 14.0. The van der Waals surface area contributed by atoms with Crippen molar-refractivity contribution in [3.63, 3.8) is 0 Å². The van der Waals surface area contributed by atoms with Crippen LogP contribution in [0.2, 0.25) is 0 Å². The van der Waals surface area contributed by atoms with Crippen LogP contribution in [0.25, 0.3) is 0 Å². The summed E-state index contributed by atoms with van der Waals surface area (Å²) in [5.74, 6) is 0.0547. The molecule has 0 aliphatic carbocycles. The van der Waals surface area contributed by atoms with Gasteiger partial charge in [0.1, 0.15) is 0 Å². The molecule has 6 nitrogen and oxygen atoms in total. The molecule has 0 aliphatic rings. The molecule has 1 aromatic rings. The lowest BCUT2D eigenvalue weighted by Gasteiger charge is -2.04. The Morgan fingerprint density at radius 2 is 2.40 bits per heavy atom. The summed E-state index contributed by atoms with van der Waals surface area (Å²) in [6.45, 7) is 2.57. The number of aromatic nitrogens is 1. The van der Waals surface area contributed by atoms with Crippen molar-refractivity contribution in [1.82, 2.24) is 4.98 Å². The zero-order chi connectivity index (χ0) is 11.3. The van der Waals surface area contributed by atoms with E-state index in [-0.39, 0.29) is 11.6 Å². The van der Waals surface area contributed by atoms with Crippen LogP contribution in [0.5, 0.6) is 5.88 Å². The second-order valence-corrected chi connectivity index (χ2v) is 3.08. The van der Waals surface area contributed by atoms with Crippen LogP contribution in [0.3, 0.4) is 0 Å². The molecule has 1 rings (SSSR count). The molecule has 0 fully saturated rings. The number of rotatable bonds is 5. The van der Waals surface area contributed by atoms with Gasteiger partial charge in [0.05, 0.1) is 11.5 Å². The first-order chi connectivity index (χ1) is 7.15. The second kappa shape index (κ2) is 5.26. The van der Waals surface area contributed by atoms with Crippen LogP contribution < -0.4 is 10.5 Å². The summed E-state index contributed by atoms with van der Waals surface area (Å²) in [6.07, 6.45) is 2.18. The standard InChI is InChI=1S/C9H13N3O3/c1-7-5-8(12(13)14)9(11-6-7)15-4-2-3-10/h5-6H,2-4,10H2,1H3. The largest absolute Gasteiger partial charge is 0.473 e. The minimum atomic E-state index is -0.502. The maximum atomic E-state index is 10.7. The van der Waals surface area contributed by atoms with Gasteiger partial charge in [-0.2, -0.15) is 0 Å². The lowest BCUT2D eigenvalue weighted by Crippen LogP contribution is -2.08. The topological polar surface area (TPSA) is 91.3 Å². The molecule has 0 spiro atoms. The molecule has 0 aromatic carbocycles.